The van der Waals surface area contributed by atoms with Crippen molar-refractivity contribution in [3.05, 3.63) is 29.8 Å². The molecule has 3 amide bonds. The van der Waals surface area contributed by atoms with Crippen LogP contribution in [0.5, 0.6) is 5.75 Å². The van der Waals surface area contributed by atoms with E-state index in [2.05, 4.69) is 15.2 Å². The topological polar surface area (TPSA) is 464 Å². The number of phosphoric ester groups is 1. The van der Waals surface area contributed by atoms with Crippen LogP contribution in [0.2, 0.25) is 0 Å². The van der Waals surface area contributed by atoms with Crippen LogP contribution in [0.25, 0.3) is 0 Å². The number of nitrogens with two attached hydrogens (primary N) is 3. The predicted molar refractivity (Wildman–Crippen MR) is 153 cm³/mol. The molecule has 0 bridgehead atoms. The number of primary amides is 1. The first kappa shape index (κ1) is 49.0. The predicted octanol–water partition coefficient (Wildman–Crippen LogP) is -3.45. The van der Waals surface area contributed by atoms with E-state index >= 15 is 0 Å². The molecule has 25 nitrogen and oxygen atoms in total. The van der Waals surface area contributed by atoms with Crippen molar-refractivity contribution in [2.24, 2.45) is 17.2 Å². The lowest BCUT2D eigenvalue weighted by atomic mass is 10.2. The van der Waals surface area contributed by atoms with E-state index in [-0.39, 0.29) is 17.9 Å². The van der Waals surface area contributed by atoms with Crippen LogP contribution < -0.4 is 32.4 Å². The molecule has 0 spiro atoms. The molecular formula is C22H34N5O20P. The van der Waals surface area contributed by atoms with E-state index < -0.39 is 73.6 Å². The minimum atomic E-state index is -4.72. The van der Waals surface area contributed by atoms with Crippen LogP contribution in [0.3, 0.4) is 0 Å². The number of carboxylic acid groups (broad SMARTS) is 7. The largest absolute Gasteiger partial charge is 0.524 e. The Hall–Kier alpha value is -5.88. The Balaban J connectivity index is -0.000000262. The van der Waals surface area contributed by atoms with Crippen LogP contribution >= 0.6 is 7.82 Å². The lowest BCUT2D eigenvalue weighted by Crippen LogP contribution is -2.40. The van der Waals surface area contributed by atoms with E-state index in [9.17, 15) is 28.5 Å². The molecule has 272 valence electrons. The van der Waals surface area contributed by atoms with Gasteiger partial charge in [-0.05, 0) is 31.9 Å². The van der Waals surface area contributed by atoms with Gasteiger partial charge in [-0.25, -0.2) is 33.3 Å². The molecule has 26 heteroatoms. The zero-order chi connectivity index (χ0) is 38.8. The van der Waals surface area contributed by atoms with Gasteiger partial charge in [0.05, 0.1) is 6.04 Å². The molecule has 1 aromatic carbocycles. The molecule has 0 aliphatic rings. The second-order valence-corrected chi connectivity index (χ2v) is 9.05. The average Bonchev–Trinajstić information content (AvgIpc) is 2.94. The second kappa shape index (κ2) is 26.3. The number of aliphatic carboxylic acids is 6. The molecule has 0 aliphatic carbocycles. The van der Waals surface area contributed by atoms with E-state index in [0.29, 0.717) is 19.4 Å². The van der Waals surface area contributed by atoms with Crippen LogP contribution in [0.15, 0.2) is 24.3 Å². The van der Waals surface area contributed by atoms with Crippen molar-refractivity contribution >= 4 is 61.5 Å². The molecule has 0 radical (unpaired) electrons. The van der Waals surface area contributed by atoms with Gasteiger partial charge in [-0.15, -0.1) is 0 Å². The van der Waals surface area contributed by atoms with Gasteiger partial charge in [-0.1, -0.05) is 12.1 Å². The van der Waals surface area contributed by atoms with Crippen molar-refractivity contribution in [1.29, 1.82) is 0 Å². The summed E-state index contributed by atoms with van der Waals surface area (Å²) in [6, 6.07) is 3.07. The summed E-state index contributed by atoms with van der Waals surface area (Å²) in [7, 11) is -4.72. The molecule has 0 heterocycles. The Morgan fingerprint density at radius 3 is 1.54 bits per heavy atom. The van der Waals surface area contributed by atoms with Gasteiger partial charge in [0.15, 0.2) is 0 Å². The van der Waals surface area contributed by atoms with E-state index in [1.165, 1.54) is 31.2 Å². The monoisotopic (exact) mass is 719 g/mol. The minimum absolute atomic E-state index is 0.296. The van der Waals surface area contributed by atoms with Gasteiger partial charge in [0, 0.05) is 6.54 Å². The highest BCUT2D eigenvalue weighted by Crippen LogP contribution is 2.38. The number of para-hydroxylation sites is 1. The number of carboxylic acids is 7. The summed E-state index contributed by atoms with van der Waals surface area (Å²) in [6.07, 6.45) is 0.839. The maximum absolute atomic E-state index is 10.6. The quantitative estimate of drug-likeness (QED) is 0.0600. The summed E-state index contributed by atoms with van der Waals surface area (Å²) in [5.41, 5.74) is 14.8. The zero-order valence-electron chi connectivity index (χ0n) is 24.5. The molecule has 0 aromatic heterocycles. The van der Waals surface area contributed by atoms with Crippen LogP contribution in [0.1, 0.15) is 30.1 Å². The minimum Gasteiger partial charge on any atom is -0.480 e. The third-order valence-electron chi connectivity index (χ3n) is 3.84. The highest BCUT2D eigenvalue weighted by molar-refractivity contribution is 7.46. The van der Waals surface area contributed by atoms with Crippen molar-refractivity contribution in [2.75, 3.05) is 13.1 Å². The maximum atomic E-state index is 10.6. The van der Waals surface area contributed by atoms with Crippen LogP contribution in [-0.4, -0.2) is 124 Å². The Bertz CT molecular complexity index is 1270. The van der Waals surface area contributed by atoms with E-state index in [4.69, 9.17) is 81.9 Å². The lowest BCUT2D eigenvalue weighted by molar-refractivity contribution is -0.159. The molecule has 0 aliphatic heterocycles. The first-order chi connectivity index (χ1) is 21.8. The molecule has 17 N–H and O–H groups in total. The first-order valence-electron chi connectivity index (χ1n) is 12.0. The number of hydrogen-bond acceptors (Lipinski definition) is 13. The molecule has 0 saturated heterocycles. The number of rotatable bonds is 11. The van der Waals surface area contributed by atoms with Crippen LogP contribution in [0.4, 0.5) is 4.79 Å². The number of benzene rings is 1. The van der Waals surface area contributed by atoms with Gasteiger partial charge >= 0.3 is 55.6 Å². The average molecular weight is 720 g/mol. The van der Waals surface area contributed by atoms with Gasteiger partial charge in [0.2, 0.25) is 5.91 Å². The van der Waals surface area contributed by atoms with Crippen molar-refractivity contribution < 1.29 is 97.8 Å². The number of carbonyl (C=O) groups excluding carboxylic acids is 2. The van der Waals surface area contributed by atoms with Crippen LogP contribution in [-0.2, 0) is 38.1 Å². The number of urea groups is 1. The van der Waals surface area contributed by atoms with Gasteiger partial charge in [-0.2, -0.15) is 0 Å². The fraction of sp³-hybridized carbons (Fsp3) is 0.318. The Morgan fingerprint density at radius 2 is 1.23 bits per heavy atom. The number of phosphoric acid groups is 1. The zero-order valence-corrected chi connectivity index (χ0v) is 25.4. The first-order valence-corrected chi connectivity index (χ1v) is 13.6. The molecule has 2 atom stereocenters. The lowest BCUT2D eigenvalue weighted by Gasteiger charge is -2.08. The number of hydrogen-bond donors (Lipinski definition) is 14. The van der Waals surface area contributed by atoms with Crippen molar-refractivity contribution in [2.45, 2.75) is 31.8 Å². The van der Waals surface area contributed by atoms with Gasteiger partial charge in [0.1, 0.15) is 23.9 Å². The summed E-state index contributed by atoms with van der Waals surface area (Å²) in [4.78, 5) is 105. The summed E-state index contributed by atoms with van der Waals surface area (Å²) >= 11 is 0. The Kier molecular flexibility index (Phi) is 26.9. The number of carbonyl (C=O) groups is 9. The number of amides is 3. The number of aromatic carboxylic acids is 1. The third kappa shape index (κ3) is 34.6. The third-order valence-corrected chi connectivity index (χ3v) is 4.27. The highest BCUT2D eigenvalue weighted by Gasteiger charge is 2.20. The van der Waals surface area contributed by atoms with Gasteiger partial charge in [0.25, 0.3) is 0 Å². The second-order valence-electron chi connectivity index (χ2n) is 7.88. The Labute approximate surface area is 268 Å². The normalized spacial score (nSPS) is 10.6. The van der Waals surface area contributed by atoms with E-state index in [0.717, 1.165) is 0 Å². The molecular weight excluding hydrogens is 685 g/mol. The highest BCUT2D eigenvalue weighted by atomic mass is 31.2. The van der Waals surface area contributed by atoms with Crippen molar-refractivity contribution in [3.63, 3.8) is 0 Å². The van der Waals surface area contributed by atoms with Crippen molar-refractivity contribution in [1.82, 2.24) is 10.6 Å². The van der Waals surface area contributed by atoms with E-state index in [1.54, 1.807) is 0 Å². The summed E-state index contributed by atoms with van der Waals surface area (Å²) < 4.78 is 14.6. The molecule has 0 saturated carbocycles. The van der Waals surface area contributed by atoms with Gasteiger partial charge in [-0.3, -0.25) is 24.2 Å². The summed E-state index contributed by atoms with van der Waals surface area (Å²) in [5.74, 6) is -11.5. The SMILES string of the molecule is CC(N)C(=O)NCC(=O)O.NC(=O)NCCC[C@H](N)C(=O)O.O=C(O)C(=O)O.O=C(O)C(=O)O.O=C(O)c1ccccc1OP(=O)(O)O. The fourth-order valence-electron chi connectivity index (χ4n) is 1.83. The Morgan fingerprint density at radius 1 is 0.792 bits per heavy atom. The smallest absolute Gasteiger partial charge is 0.480 e. The van der Waals surface area contributed by atoms with E-state index in [1.807, 2.05) is 0 Å². The summed E-state index contributed by atoms with van der Waals surface area (Å²) in [6.45, 7) is 1.47. The van der Waals surface area contributed by atoms with Gasteiger partial charge < -0.3 is 68.1 Å². The molecule has 1 rings (SSSR count). The molecule has 0 fully saturated rings. The molecule has 1 aromatic rings. The van der Waals surface area contributed by atoms with Crippen LogP contribution in [0, 0.1) is 0 Å². The maximum Gasteiger partial charge on any atom is 0.524 e. The molecule has 48 heavy (non-hydrogen) atoms. The fourth-order valence-corrected chi connectivity index (χ4v) is 2.25. The van der Waals surface area contributed by atoms with Crippen molar-refractivity contribution in [3.8, 4) is 5.75 Å². The standard InChI is InChI=1S/C7H7O6P.C6H13N3O3.C5H10N2O3.2C2H2O4/c8-7(9)5-3-1-2-4-6(5)13-14(10,11)12;7-4(5(10)11)2-1-3-9-6(8)12;1-3(6)5(10)7-2-4(8)9;2*3-1(4)2(5)6/h1-4H,(H,8,9)(H2,10,11,12);4H,1-3,7H2,(H,10,11)(H3,8,9,12);3H,2,6H2,1H3,(H,7,10)(H,8,9);2*(H,3,4)(H,5,6)/t;4-;;;/m.0.../s1. The number of nitrogens with one attached hydrogen (secondary N) is 2. The summed E-state index contributed by atoms with van der Waals surface area (Å²) in [5, 5.41) is 59.1. The molecule has 1 unspecified atom stereocenters.